The van der Waals surface area contributed by atoms with Gasteiger partial charge in [0.1, 0.15) is 11.2 Å². The Balaban J connectivity index is 1.97. The summed E-state index contributed by atoms with van der Waals surface area (Å²) >= 11 is 0. The first-order chi connectivity index (χ1) is 21.5. The van der Waals surface area contributed by atoms with Crippen molar-refractivity contribution < 1.29 is 10.2 Å². The summed E-state index contributed by atoms with van der Waals surface area (Å²) in [4.78, 5) is 0. The van der Waals surface area contributed by atoms with Crippen LogP contribution in [0, 0.1) is 23.7 Å². The molecule has 2 aromatic carbocycles. The van der Waals surface area contributed by atoms with E-state index in [1.807, 2.05) is 0 Å². The minimum atomic E-state index is -1.03. The van der Waals surface area contributed by atoms with Crippen LogP contribution in [0.4, 0.5) is 0 Å². The van der Waals surface area contributed by atoms with Gasteiger partial charge in [0, 0.05) is 16.5 Å². The number of rotatable bonds is 18. The van der Waals surface area contributed by atoms with Crippen molar-refractivity contribution >= 4 is 0 Å². The summed E-state index contributed by atoms with van der Waals surface area (Å²) in [5, 5.41) is 20.6. The number of hydrogen-bond donors (Lipinski definition) is 2. The molecule has 0 amide bonds. The quantitative estimate of drug-likeness (QED) is 0.130. The fraction of sp³-hybridized carbons (Fsp3) is 0.628. The Morgan fingerprint density at radius 1 is 0.511 bits per heavy atom. The molecule has 0 heterocycles. The maximum absolute atomic E-state index is 10.3. The van der Waals surface area contributed by atoms with E-state index in [4.69, 9.17) is 0 Å². The summed E-state index contributed by atoms with van der Waals surface area (Å²) < 4.78 is 0. The molecular formula is C43H62O2. The number of aliphatic hydroxyl groups is 2. The average molecular weight is 611 g/mol. The Labute approximate surface area is 276 Å². The first kappa shape index (κ1) is 36.9. The van der Waals surface area contributed by atoms with E-state index in [9.17, 15) is 10.2 Å². The van der Waals surface area contributed by atoms with E-state index in [2.05, 4.69) is 73.9 Å². The van der Waals surface area contributed by atoms with Crippen LogP contribution in [0.1, 0.15) is 179 Å². The highest BCUT2D eigenvalue weighted by atomic mass is 16.3. The van der Waals surface area contributed by atoms with Crippen LogP contribution >= 0.6 is 0 Å². The summed E-state index contributed by atoms with van der Waals surface area (Å²) in [6, 6.07) is 13.4. The predicted octanol–water partition coefficient (Wildman–Crippen LogP) is 11.3. The normalized spacial score (nSPS) is 13.4. The van der Waals surface area contributed by atoms with E-state index in [1.54, 1.807) is 27.7 Å². The van der Waals surface area contributed by atoms with Crippen molar-refractivity contribution in [3.63, 3.8) is 0 Å². The second-order valence-corrected chi connectivity index (χ2v) is 14.7. The highest BCUT2D eigenvalue weighted by molar-refractivity contribution is 5.82. The van der Waals surface area contributed by atoms with Gasteiger partial charge >= 0.3 is 0 Å². The summed E-state index contributed by atoms with van der Waals surface area (Å²) in [5.74, 6) is 12.6. The molecule has 0 saturated heterocycles. The number of unbranched alkanes of at least 4 members (excludes halogenated alkanes) is 14. The van der Waals surface area contributed by atoms with Gasteiger partial charge in [0.05, 0.1) is 0 Å². The van der Waals surface area contributed by atoms with Gasteiger partial charge in [0.25, 0.3) is 0 Å². The lowest BCUT2D eigenvalue weighted by Crippen LogP contribution is -2.26. The minimum Gasteiger partial charge on any atom is -0.378 e. The maximum Gasteiger partial charge on any atom is 0.120 e. The molecule has 0 aromatic heterocycles. The van der Waals surface area contributed by atoms with Crippen LogP contribution in [0.5, 0.6) is 0 Å². The van der Waals surface area contributed by atoms with E-state index in [-0.39, 0.29) is 5.41 Å². The molecule has 3 rings (SSSR count). The highest BCUT2D eigenvalue weighted by Crippen LogP contribution is 2.54. The lowest BCUT2D eigenvalue weighted by atomic mass is 9.70. The van der Waals surface area contributed by atoms with Crippen LogP contribution in [0.15, 0.2) is 36.4 Å². The van der Waals surface area contributed by atoms with E-state index in [0.29, 0.717) is 0 Å². The molecule has 1 aliphatic rings. The van der Waals surface area contributed by atoms with Crippen LogP contribution in [0.25, 0.3) is 11.1 Å². The summed E-state index contributed by atoms with van der Waals surface area (Å²) in [6.07, 6.45) is 23.3. The Morgan fingerprint density at radius 3 is 1.18 bits per heavy atom. The molecule has 2 heteroatoms. The summed E-state index contributed by atoms with van der Waals surface area (Å²) in [5.41, 5.74) is 5.26. The van der Waals surface area contributed by atoms with Crippen molar-refractivity contribution in [2.45, 2.75) is 174 Å². The zero-order chi connectivity index (χ0) is 32.8. The predicted molar refractivity (Wildman–Crippen MR) is 193 cm³/mol. The third-order valence-corrected chi connectivity index (χ3v) is 9.30. The van der Waals surface area contributed by atoms with Crippen LogP contribution in [0.2, 0.25) is 0 Å². The molecule has 2 nitrogen and oxygen atoms in total. The number of fused-ring (bicyclic) bond motifs is 3. The monoisotopic (exact) mass is 610 g/mol. The van der Waals surface area contributed by atoms with Crippen molar-refractivity contribution in [1.29, 1.82) is 0 Å². The minimum absolute atomic E-state index is 0.0755. The molecule has 0 spiro atoms. The molecule has 45 heavy (non-hydrogen) atoms. The Kier molecular flexibility index (Phi) is 14.8. The van der Waals surface area contributed by atoms with E-state index >= 15 is 0 Å². The van der Waals surface area contributed by atoms with Gasteiger partial charge in [-0.25, -0.2) is 0 Å². The standard InChI is InChI=1S/C43H62O2/c1-7-9-11-13-15-17-19-21-29-43(30-22-20-18-16-14-12-10-8-2)39-33-35(27-31-41(3,4)44)23-25-37(39)38-26-24-36(34-40(38)43)28-32-42(5,6)45/h23-26,33-34,44-45H,7-22,29-30H2,1-6H3. The van der Waals surface area contributed by atoms with Gasteiger partial charge in [-0.3, -0.25) is 0 Å². The maximum atomic E-state index is 10.3. The number of benzene rings is 2. The van der Waals surface area contributed by atoms with Crippen LogP contribution < -0.4 is 0 Å². The largest absolute Gasteiger partial charge is 0.378 e. The average Bonchev–Trinajstić information content (AvgIpc) is 3.25. The van der Waals surface area contributed by atoms with Crippen LogP contribution in [-0.4, -0.2) is 21.4 Å². The molecular weight excluding hydrogens is 548 g/mol. The lowest BCUT2D eigenvalue weighted by molar-refractivity contribution is 0.143. The molecule has 0 saturated carbocycles. The third kappa shape index (κ3) is 12.0. The Bertz CT molecular complexity index is 1210. The van der Waals surface area contributed by atoms with Crippen molar-refractivity contribution in [3.8, 4) is 34.8 Å². The third-order valence-electron chi connectivity index (χ3n) is 9.30. The number of hydrogen-bond acceptors (Lipinski definition) is 2. The first-order valence-electron chi connectivity index (χ1n) is 18.3. The van der Waals surface area contributed by atoms with Gasteiger partial charge in [-0.15, -0.1) is 0 Å². The van der Waals surface area contributed by atoms with E-state index < -0.39 is 11.2 Å². The van der Waals surface area contributed by atoms with Gasteiger partial charge < -0.3 is 10.2 Å². The fourth-order valence-electron chi connectivity index (χ4n) is 6.89. The molecule has 0 bridgehead atoms. The molecule has 2 N–H and O–H groups in total. The fourth-order valence-corrected chi connectivity index (χ4v) is 6.89. The second-order valence-electron chi connectivity index (χ2n) is 14.7. The van der Waals surface area contributed by atoms with Crippen molar-refractivity contribution in [2.75, 3.05) is 0 Å². The zero-order valence-corrected chi connectivity index (χ0v) is 29.6. The summed E-state index contributed by atoms with van der Waals surface area (Å²) in [7, 11) is 0. The van der Waals surface area contributed by atoms with E-state index in [1.165, 1.54) is 125 Å². The van der Waals surface area contributed by atoms with Crippen LogP contribution in [-0.2, 0) is 5.41 Å². The second kappa shape index (κ2) is 18.0. The first-order valence-corrected chi connectivity index (χ1v) is 18.3. The van der Waals surface area contributed by atoms with Crippen molar-refractivity contribution in [1.82, 2.24) is 0 Å². The van der Waals surface area contributed by atoms with Crippen molar-refractivity contribution in [2.24, 2.45) is 0 Å². The molecule has 0 aliphatic heterocycles. The molecule has 1 aliphatic carbocycles. The van der Waals surface area contributed by atoms with Gasteiger partial charge in [-0.2, -0.15) is 0 Å². The van der Waals surface area contributed by atoms with E-state index in [0.717, 1.165) is 24.0 Å². The molecule has 0 radical (unpaired) electrons. The van der Waals surface area contributed by atoms with Gasteiger partial charge in [-0.05, 0) is 87.1 Å². The zero-order valence-electron chi connectivity index (χ0n) is 29.6. The highest BCUT2D eigenvalue weighted by Gasteiger charge is 2.42. The molecule has 0 fully saturated rings. The SMILES string of the molecule is CCCCCCCCCCC1(CCCCCCCCCC)c2cc(C#CC(C)(C)O)ccc2-c2ccc(C#CC(C)(C)O)cc21. The Hall–Kier alpha value is -2.52. The molecule has 2 aromatic rings. The van der Waals surface area contributed by atoms with Gasteiger partial charge in [0.2, 0.25) is 0 Å². The Morgan fingerprint density at radius 2 is 0.844 bits per heavy atom. The smallest absolute Gasteiger partial charge is 0.120 e. The molecule has 0 unspecified atom stereocenters. The topological polar surface area (TPSA) is 40.5 Å². The lowest BCUT2D eigenvalue weighted by Gasteiger charge is -2.33. The molecule has 0 atom stereocenters. The van der Waals surface area contributed by atoms with Crippen molar-refractivity contribution in [3.05, 3.63) is 58.7 Å². The van der Waals surface area contributed by atoms with Crippen LogP contribution in [0.3, 0.4) is 0 Å². The molecule has 246 valence electrons. The summed E-state index contributed by atoms with van der Waals surface area (Å²) in [6.45, 7) is 11.5. The van der Waals surface area contributed by atoms with Gasteiger partial charge in [0.15, 0.2) is 0 Å². The van der Waals surface area contributed by atoms with Gasteiger partial charge in [-0.1, -0.05) is 152 Å².